The molecule has 4 rings (SSSR count). The number of para-hydroxylation sites is 2. The minimum Gasteiger partial charge on any atom is -0.497 e. The van der Waals surface area contributed by atoms with Crippen LogP contribution in [0.2, 0.25) is 0 Å². The molecule has 1 N–H and O–H groups in total. The summed E-state index contributed by atoms with van der Waals surface area (Å²) in [6.07, 6.45) is 0.755. The summed E-state index contributed by atoms with van der Waals surface area (Å²) in [6.45, 7) is 0.654. The van der Waals surface area contributed by atoms with E-state index >= 15 is 0 Å². The van der Waals surface area contributed by atoms with Gasteiger partial charge < -0.3 is 19.1 Å². The van der Waals surface area contributed by atoms with Crippen molar-refractivity contribution in [2.45, 2.75) is 6.42 Å². The summed E-state index contributed by atoms with van der Waals surface area (Å²) < 4.78 is 12.5. The molecule has 0 saturated heterocycles. The molecule has 7 heteroatoms. The molecule has 2 heterocycles. The van der Waals surface area contributed by atoms with Crippen molar-refractivity contribution >= 4 is 17.0 Å². The molecule has 0 saturated carbocycles. The number of nitrogens with one attached hydrogen (secondary N) is 1. The van der Waals surface area contributed by atoms with Crippen molar-refractivity contribution in [1.29, 1.82) is 0 Å². The van der Waals surface area contributed by atoms with Gasteiger partial charge in [0.05, 0.1) is 18.1 Å². The fraction of sp³-hybridized carbons (Fsp3) is 0.211. The van der Waals surface area contributed by atoms with Gasteiger partial charge in [0, 0.05) is 25.6 Å². The van der Waals surface area contributed by atoms with Crippen LogP contribution in [0.5, 0.6) is 5.75 Å². The van der Waals surface area contributed by atoms with Crippen molar-refractivity contribution in [2.24, 2.45) is 7.05 Å². The molecule has 0 aliphatic rings. The van der Waals surface area contributed by atoms with Gasteiger partial charge in [-0.05, 0) is 36.4 Å². The van der Waals surface area contributed by atoms with Gasteiger partial charge in [0.2, 0.25) is 5.82 Å². The number of anilines is 1. The second-order valence-electron chi connectivity index (χ2n) is 5.90. The van der Waals surface area contributed by atoms with Crippen molar-refractivity contribution in [3.05, 3.63) is 54.4 Å². The van der Waals surface area contributed by atoms with E-state index in [0.717, 1.165) is 34.6 Å². The lowest BCUT2D eigenvalue weighted by Gasteiger charge is -2.02. The van der Waals surface area contributed by atoms with Crippen LogP contribution in [0.3, 0.4) is 0 Å². The lowest BCUT2D eigenvalue weighted by Crippen LogP contribution is -2.08. The standard InChI is InChI=1S/C19H19N5O2/c1-24-16-6-4-3-5-15(16)21-17(24)11-12-20-19-22-18(23-26-19)13-7-9-14(25-2)10-8-13/h3-10H,11-12H2,1-2H3,(H,20,22,23). The SMILES string of the molecule is COc1ccc(-c2noc(NCCc3nc4ccccc4n3C)n2)cc1. The first-order valence-corrected chi connectivity index (χ1v) is 8.37. The minimum absolute atomic E-state index is 0.398. The van der Waals surface area contributed by atoms with Crippen molar-refractivity contribution in [3.63, 3.8) is 0 Å². The average Bonchev–Trinajstić information content (AvgIpc) is 3.28. The van der Waals surface area contributed by atoms with Gasteiger partial charge >= 0.3 is 6.01 Å². The van der Waals surface area contributed by atoms with E-state index in [9.17, 15) is 0 Å². The number of imidazole rings is 1. The Bertz CT molecular complexity index is 1020. The molecule has 0 aliphatic heterocycles. The predicted molar refractivity (Wildman–Crippen MR) is 99.2 cm³/mol. The third kappa shape index (κ3) is 3.11. The molecule has 4 aromatic rings. The number of aromatic nitrogens is 4. The molecule has 2 aromatic heterocycles. The van der Waals surface area contributed by atoms with Crippen LogP contribution in [0, 0.1) is 0 Å². The Labute approximate surface area is 150 Å². The van der Waals surface area contributed by atoms with E-state index in [-0.39, 0.29) is 0 Å². The van der Waals surface area contributed by atoms with Crippen molar-refractivity contribution in [2.75, 3.05) is 19.0 Å². The monoisotopic (exact) mass is 349 g/mol. The first-order valence-electron chi connectivity index (χ1n) is 8.37. The number of ether oxygens (including phenoxy) is 1. The van der Waals surface area contributed by atoms with Gasteiger partial charge in [0.15, 0.2) is 0 Å². The van der Waals surface area contributed by atoms with Crippen LogP contribution in [0.15, 0.2) is 53.1 Å². The van der Waals surface area contributed by atoms with E-state index in [1.807, 2.05) is 49.5 Å². The van der Waals surface area contributed by atoms with Crippen LogP contribution in [0.1, 0.15) is 5.82 Å². The van der Waals surface area contributed by atoms with E-state index in [1.54, 1.807) is 7.11 Å². The maximum Gasteiger partial charge on any atom is 0.321 e. The molecule has 7 nitrogen and oxygen atoms in total. The summed E-state index contributed by atoms with van der Waals surface area (Å²) in [6, 6.07) is 16.0. The summed E-state index contributed by atoms with van der Waals surface area (Å²) in [5.74, 6) is 2.34. The molecule has 0 radical (unpaired) electrons. The smallest absolute Gasteiger partial charge is 0.321 e. The molecular formula is C19H19N5O2. The number of hydrogen-bond donors (Lipinski definition) is 1. The second kappa shape index (κ2) is 6.87. The Morgan fingerprint density at radius 3 is 2.65 bits per heavy atom. The van der Waals surface area contributed by atoms with Crippen molar-refractivity contribution < 1.29 is 9.26 Å². The van der Waals surface area contributed by atoms with Crippen molar-refractivity contribution in [1.82, 2.24) is 19.7 Å². The van der Waals surface area contributed by atoms with Gasteiger partial charge in [-0.15, -0.1) is 0 Å². The van der Waals surface area contributed by atoms with Gasteiger partial charge in [-0.25, -0.2) is 4.98 Å². The second-order valence-corrected chi connectivity index (χ2v) is 5.90. The highest BCUT2D eigenvalue weighted by Gasteiger charge is 2.10. The van der Waals surface area contributed by atoms with Gasteiger partial charge in [-0.2, -0.15) is 4.98 Å². The Balaban J connectivity index is 1.40. The maximum atomic E-state index is 5.27. The maximum absolute atomic E-state index is 5.27. The van der Waals surface area contributed by atoms with E-state index in [2.05, 4.69) is 31.1 Å². The quantitative estimate of drug-likeness (QED) is 0.575. The zero-order valence-electron chi connectivity index (χ0n) is 14.6. The highest BCUT2D eigenvalue weighted by atomic mass is 16.5. The molecule has 2 aromatic carbocycles. The number of rotatable bonds is 6. The van der Waals surface area contributed by atoms with Crippen LogP contribution < -0.4 is 10.1 Å². The molecule has 0 spiro atoms. The first kappa shape index (κ1) is 16.1. The zero-order chi connectivity index (χ0) is 17.9. The fourth-order valence-electron chi connectivity index (χ4n) is 2.85. The lowest BCUT2D eigenvalue weighted by molar-refractivity contribution is 0.415. The van der Waals surface area contributed by atoms with E-state index in [4.69, 9.17) is 9.26 Å². The molecule has 0 fully saturated rings. The van der Waals surface area contributed by atoms with Crippen LogP contribution in [-0.2, 0) is 13.5 Å². The summed E-state index contributed by atoms with van der Waals surface area (Å²) >= 11 is 0. The molecule has 26 heavy (non-hydrogen) atoms. The lowest BCUT2D eigenvalue weighted by atomic mass is 10.2. The Hall–Kier alpha value is -3.35. The first-order chi connectivity index (χ1) is 12.7. The summed E-state index contributed by atoms with van der Waals surface area (Å²) in [5.41, 5.74) is 3.00. The molecule has 132 valence electrons. The largest absolute Gasteiger partial charge is 0.497 e. The normalized spacial score (nSPS) is 11.0. The molecule has 0 amide bonds. The summed E-state index contributed by atoms with van der Waals surface area (Å²) in [7, 11) is 3.66. The van der Waals surface area contributed by atoms with Gasteiger partial charge in [0.25, 0.3) is 0 Å². The van der Waals surface area contributed by atoms with Crippen molar-refractivity contribution in [3.8, 4) is 17.1 Å². The van der Waals surface area contributed by atoms with Gasteiger partial charge in [-0.1, -0.05) is 17.3 Å². The predicted octanol–water partition coefficient (Wildman–Crippen LogP) is 3.29. The van der Waals surface area contributed by atoms with E-state index in [0.29, 0.717) is 18.4 Å². The van der Waals surface area contributed by atoms with E-state index < -0.39 is 0 Å². The van der Waals surface area contributed by atoms with Crippen LogP contribution in [0.25, 0.3) is 22.4 Å². The molecule has 0 bridgehead atoms. The van der Waals surface area contributed by atoms with Crippen LogP contribution >= 0.6 is 0 Å². The Morgan fingerprint density at radius 2 is 1.88 bits per heavy atom. The Kier molecular flexibility index (Phi) is 4.27. The van der Waals surface area contributed by atoms with Crippen LogP contribution in [-0.4, -0.2) is 33.3 Å². The third-order valence-electron chi connectivity index (χ3n) is 4.28. The number of benzene rings is 2. The third-order valence-corrected chi connectivity index (χ3v) is 4.28. The summed E-state index contributed by atoms with van der Waals surface area (Å²) in [4.78, 5) is 9.03. The fourth-order valence-corrected chi connectivity index (χ4v) is 2.85. The number of nitrogens with zero attached hydrogens (tertiary/aromatic N) is 4. The molecule has 0 atom stereocenters. The Morgan fingerprint density at radius 1 is 1.08 bits per heavy atom. The topological polar surface area (TPSA) is 78.0 Å². The summed E-state index contributed by atoms with van der Waals surface area (Å²) in [5, 5.41) is 7.17. The van der Waals surface area contributed by atoms with Gasteiger partial charge in [0.1, 0.15) is 11.6 Å². The minimum atomic E-state index is 0.398. The zero-order valence-corrected chi connectivity index (χ0v) is 14.6. The number of aryl methyl sites for hydroxylation is 1. The van der Waals surface area contributed by atoms with Gasteiger partial charge in [-0.3, -0.25) is 0 Å². The molecular weight excluding hydrogens is 330 g/mol. The number of fused-ring (bicyclic) bond motifs is 1. The molecule has 0 unspecified atom stereocenters. The molecule has 0 aliphatic carbocycles. The number of hydrogen-bond acceptors (Lipinski definition) is 6. The highest BCUT2D eigenvalue weighted by Crippen LogP contribution is 2.21. The van der Waals surface area contributed by atoms with Crippen LogP contribution in [0.4, 0.5) is 6.01 Å². The number of methoxy groups -OCH3 is 1. The highest BCUT2D eigenvalue weighted by molar-refractivity contribution is 5.75. The average molecular weight is 349 g/mol. The van der Waals surface area contributed by atoms with E-state index in [1.165, 1.54) is 0 Å².